The van der Waals surface area contributed by atoms with E-state index >= 15 is 0 Å². The molecule has 1 saturated heterocycles. The zero-order valence-corrected chi connectivity index (χ0v) is 16.3. The maximum absolute atomic E-state index is 13.7. The first-order valence-electron chi connectivity index (χ1n) is 9.39. The van der Waals surface area contributed by atoms with Gasteiger partial charge < -0.3 is 14.8 Å². The molecule has 9 heteroatoms. The summed E-state index contributed by atoms with van der Waals surface area (Å²) in [6, 6.07) is 7.58. The molecular weight excluding hydrogens is 377 g/mol. The first kappa shape index (κ1) is 19.1. The van der Waals surface area contributed by atoms with Crippen LogP contribution in [0.5, 0.6) is 0 Å². The number of carbonyl (C=O) groups is 1. The summed E-state index contributed by atoms with van der Waals surface area (Å²) in [5.74, 6) is -0.505. The van der Waals surface area contributed by atoms with Gasteiger partial charge in [-0.05, 0) is 23.8 Å². The molecule has 3 aromatic rings. The van der Waals surface area contributed by atoms with Crippen LogP contribution in [0.3, 0.4) is 0 Å². The van der Waals surface area contributed by atoms with Gasteiger partial charge in [0.05, 0.1) is 11.4 Å². The normalized spacial score (nSPS) is 17.1. The fourth-order valence-electron chi connectivity index (χ4n) is 3.97. The Hall–Kier alpha value is -3.20. The third-order valence-electron chi connectivity index (χ3n) is 5.46. The number of carbonyl (C=O) groups excluding carboxylic acids is 1. The highest BCUT2D eigenvalue weighted by Crippen LogP contribution is 2.23. The van der Waals surface area contributed by atoms with Crippen LogP contribution in [0.2, 0.25) is 0 Å². The number of nitrogens with zero attached hydrogens (tertiary/aromatic N) is 4. The molecule has 3 heterocycles. The Kier molecular flexibility index (Phi) is 4.83. The van der Waals surface area contributed by atoms with E-state index in [-0.39, 0.29) is 24.3 Å². The zero-order valence-electron chi connectivity index (χ0n) is 16.3. The summed E-state index contributed by atoms with van der Waals surface area (Å²) in [4.78, 5) is 39.5. The first-order chi connectivity index (χ1) is 13.9. The van der Waals surface area contributed by atoms with Gasteiger partial charge in [0.15, 0.2) is 0 Å². The van der Waals surface area contributed by atoms with Gasteiger partial charge in [-0.1, -0.05) is 12.1 Å². The summed E-state index contributed by atoms with van der Waals surface area (Å²) in [7, 11) is 3.00. The molecule has 1 atom stereocenters. The molecule has 2 aromatic heterocycles. The number of amides is 1. The lowest BCUT2D eigenvalue weighted by Crippen LogP contribution is -2.49. The quantitative estimate of drug-likeness (QED) is 0.689. The van der Waals surface area contributed by atoms with Crippen LogP contribution in [0.4, 0.5) is 4.39 Å². The number of rotatable bonds is 3. The van der Waals surface area contributed by atoms with Crippen LogP contribution in [-0.2, 0) is 25.4 Å². The standard InChI is InChI=1S/C20H22FN5O3/c1-23-18-15(19(28)24(2)20(23)29)6-8-25(18)12-17(27)26-9-7-22-11-16(26)13-4-3-5-14(21)10-13/h3-6,8,10,16,22H,7,9,11-12H2,1-2H3. The SMILES string of the molecule is Cn1c(=O)c2ccn(CC(=O)N3CCNCC3c3cccc(F)c3)c2n(C)c1=O. The van der Waals surface area contributed by atoms with Crippen molar-refractivity contribution in [3.8, 4) is 0 Å². The van der Waals surface area contributed by atoms with Gasteiger partial charge in [0.1, 0.15) is 18.0 Å². The van der Waals surface area contributed by atoms with Crippen molar-refractivity contribution < 1.29 is 9.18 Å². The van der Waals surface area contributed by atoms with Gasteiger partial charge in [-0.25, -0.2) is 9.18 Å². The highest BCUT2D eigenvalue weighted by Gasteiger charge is 2.28. The van der Waals surface area contributed by atoms with Gasteiger partial charge in [0, 0.05) is 39.9 Å². The van der Waals surface area contributed by atoms with Crippen molar-refractivity contribution in [2.75, 3.05) is 19.6 Å². The molecule has 4 rings (SSSR count). The van der Waals surface area contributed by atoms with Gasteiger partial charge >= 0.3 is 5.69 Å². The van der Waals surface area contributed by atoms with Crippen molar-refractivity contribution in [3.05, 3.63) is 68.7 Å². The molecule has 1 fully saturated rings. The number of aryl methyl sites for hydroxylation is 1. The molecule has 0 bridgehead atoms. The minimum atomic E-state index is -0.449. The van der Waals surface area contributed by atoms with E-state index in [9.17, 15) is 18.8 Å². The van der Waals surface area contributed by atoms with Crippen LogP contribution in [0.25, 0.3) is 11.0 Å². The first-order valence-corrected chi connectivity index (χ1v) is 9.39. The molecule has 0 radical (unpaired) electrons. The third kappa shape index (κ3) is 3.27. The van der Waals surface area contributed by atoms with Gasteiger partial charge in [0.2, 0.25) is 5.91 Å². The predicted octanol–water partition coefficient (Wildman–Crippen LogP) is 0.351. The topological polar surface area (TPSA) is 81.3 Å². The number of hydrogen-bond acceptors (Lipinski definition) is 4. The minimum absolute atomic E-state index is 0.0181. The maximum Gasteiger partial charge on any atom is 0.332 e. The second-order valence-electron chi connectivity index (χ2n) is 7.25. The van der Waals surface area contributed by atoms with E-state index in [4.69, 9.17) is 0 Å². The van der Waals surface area contributed by atoms with E-state index in [2.05, 4.69) is 5.32 Å². The van der Waals surface area contributed by atoms with Gasteiger partial charge in [-0.2, -0.15) is 0 Å². The summed E-state index contributed by atoms with van der Waals surface area (Å²) < 4.78 is 17.7. The highest BCUT2D eigenvalue weighted by atomic mass is 19.1. The molecule has 0 spiro atoms. The Morgan fingerprint density at radius 2 is 2.00 bits per heavy atom. The van der Waals surface area contributed by atoms with Crippen LogP contribution in [-0.4, -0.2) is 44.1 Å². The fraction of sp³-hybridized carbons (Fsp3) is 0.350. The molecule has 1 N–H and O–H groups in total. The maximum atomic E-state index is 13.7. The number of benzene rings is 1. The number of nitrogens with one attached hydrogen (secondary N) is 1. The molecule has 0 saturated carbocycles. The van der Waals surface area contributed by atoms with Crippen molar-refractivity contribution >= 4 is 16.9 Å². The average molecular weight is 399 g/mol. The van der Waals surface area contributed by atoms with Crippen molar-refractivity contribution in [1.29, 1.82) is 0 Å². The van der Waals surface area contributed by atoms with Gasteiger partial charge in [-0.15, -0.1) is 0 Å². The number of piperazine rings is 1. The van der Waals surface area contributed by atoms with E-state index < -0.39 is 11.2 Å². The number of aromatic nitrogens is 3. The molecule has 1 unspecified atom stereocenters. The largest absolute Gasteiger partial charge is 0.332 e. The molecule has 1 aliphatic heterocycles. The summed E-state index contributed by atoms with van der Waals surface area (Å²) in [6.07, 6.45) is 1.64. The Bertz CT molecular complexity index is 1210. The van der Waals surface area contributed by atoms with E-state index in [1.807, 2.05) is 0 Å². The molecule has 1 aromatic carbocycles. The molecule has 8 nitrogen and oxygen atoms in total. The van der Waals surface area contributed by atoms with Crippen molar-refractivity contribution in [3.63, 3.8) is 0 Å². The van der Waals surface area contributed by atoms with Crippen LogP contribution in [0.1, 0.15) is 11.6 Å². The summed E-state index contributed by atoms with van der Waals surface area (Å²) in [5.41, 5.74) is 0.289. The van der Waals surface area contributed by atoms with E-state index in [1.54, 1.807) is 40.9 Å². The summed E-state index contributed by atoms with van der Waals surface area (Å²) >= 11 is 0. The lowest BCUT2D eigenvalue weighted by molar-refractivity contribution is -0.135. The van der Waals surface area contributed by atoms with E-state index in [0.717, 1.165) is 10.1 Å². The number of halogens is 1. The molecular formula is C20H22FN5O3. The van der Waals surface area contributed by atoms with Crippen molar-refractivity contribution in [2.45, 2.75) is 12.6 Å². The molecule has 1 aliphatic rings. The Balaban J connectivity index is 1.68. The minimum Gasteiger partial charge on any atom is -0.332 e. The van der Waals surface area contributed by atoms with E-state index in [0.29, 0.717) is 30.7 Å². The molecule has 0 aliphatic carbocycles. The van der Waals surface area contributed by atoms with Crippen molar-refractivity contribution in [1.82, 2.24) is 23.9 Å². The number of fused-ring (bicyclic) bond motifs is 1. The summed E-state index contributed by atoms with van der Waals surface area (Å²) in [6.45, 7) is 1.64. The average Bonchev–Trinajstić information content (AvgIpc) is 3.14. The summed E-state index contributed by atoms with van der Waals surface area (Å²) in [5, 5.41) is 3.62. The van der Waals surface area contributed by atoms with Gasteiger partial charge in [0.25, 0.3) is 5.56 Å². The van der Waals surface area contributed by atoms with Crippen molar-refractivity contribution in [2.24, 2.45) is 14.1 Å². The lowest BCUT2D eigenvalue weighted by Gasteiger charge is -2.36. The van der Waals surface area contributed by atoms with Crippen LogP contribution in [0, 0.1) is 5.82 Å². The second-order valence-corrected chi connectivity index (χ2v) is 7.25. The Labute approximate surface area is 165 Å². The number of hydrogen-bond donors (Lipinski definition) is 1. The lowest BCUT2D eigenvalue weighted by atomic mass is 10.0. The monoisotopic (exact) mass is 399 g/mol. The molecule has 152 valence electrons. The predicted molar refractivity (Wildman–Crippen MR) is 106 cm³/mol. The Morgan fingerprint density at radius 3 is 2.76 bits per heavy atom. The van der Waals surface area contributed by atoms with E-state index in [1.165, 1.54) is 23.7 Å². The smallest absolute Gasteiger partial charge is 0.332 e. The second kappa shape index (κ2) is 7.32. The fourth-order valence-corrected chi connectivity index (χ4v) is 3.97. The molecule has 1 amide bonds. The zero-order chi connectivity index (χ0) is 20.7. The van der Waals surface area contributed by atoms with Crippen LogP contribution in [0.15, 0.2) is 46.1 Å². The molecule has 29 heavy (non-hydrogen) atoms. The van der Waals surface area contributed by atoms with Crippen LogP contribution < -0.4 is 16.6 Å². The van der Waals surface area contributed by atoms with Gasteiger partial charge in [-0.3, -0.25) is 18.7 Å². The van der Waals surface area contributed by atoms with Crippen LogP contribution >= 0.6 is 0 Å². The Morgan fingerprint density at radius 1 is 1.21 bits per heavy atom. The third-order valence-corrected chi connectivity index (χ3v) is 5.46. The highest BCUT2D eigenvalue weighted by molar-refractivity contribution is 5.81.